The molecule has 1 N–H and O–H groups in total. The highest BCUT2D eigenvalue weighted by atomic mass is 79.9. The smallest absolute Gasteiger partial charge is 0.285 e. The molecule has 0 unspecified atom stereocenters. The lowest BCUT2D eigenvalue weighted by molar-refractivity contribution is -0.385. The fraction of sp³-hybridized carbons (Fsp3) is 0. The van der Waals surface area contributed by atoms with Gasteiger partial charge in [0.2, 0.25) is 0 Å². The molecule has 0 amide bonds. The van der Waals surface area contributed by atoms with Crippen LogP contribution in [0.25, 0.3) is 10.9 Å². The van der Waals surface area contributed by atoms with E-state index in [9.17, 15) is 14.9 Å². The lowest BCUT2D eigenvalue weighted by Crippen LogP contribution is -2.06. The van der Waals surface area contributed by atoms with Crippen molar-refractivity contribution in [1.29, 1.82) is 0 Å². The van der Waals surface area contributed by atoms with E-state index in [2.05, 4.69) is 25.9 Å². The Morgan fingerprint density at radius 3 is 2.87 bits per heavy atom. The van der Waals surface area contributed by atoms with E-state index >= 15 is 0 Å². The van der Waals surface area contributed by atoms with Crippen LogP contribution >= 0.6 is 15.9 Å². The summed E-state index contributed by atoms with van der Waals surface area (Å²) in [6.45, 7) is 0. The topological polar surface area (TPSA) is 88.9 Å². The van der Waals surface area contributed by atoms with Gasteiger partial charge in [-0.15, -0.1) is 0 Å². The van der Waals surface area contributed by atoms with E-state index in [0.29, 0.717) is 10.9 Å². The molecule has 6 nitrogen and oxygen atoms in total. The lowest BCUT2D eigenvalue weighted by atomic mass is 10.2. The first-order valence-electron chi connectivity index (χ1n) is 3.91. The first kappa shape index (κ1) is 9.78. The van der Waals surface area contributed by atoms with Crippen molar-refractivity contribution in [2.24, 2.45) is 0 Å². The summed E-state index contributed by atoms with van der Waals surface area (Å²) in [5.41, 5.74) is -0.134. The number of nitrogens with zero attached hydrogens (tertiary/aromatic N) is 2. The molecule has 76 valence electrons. The van der Waals surface area contributed by atoms with Gasteiger partial charge in [0, 0.05) is 6.07 Å². The summed E-state index contributed by atoms with van der Waals surface area (Å²) in [6.07, 6.45) is 1.21. The third kappa shape index (κ3) is 1.61. The van der Waals surface area contributed by atoms with Gasteiger partial charge >= 0.3 is 0 Å². The summed E-state index contributed by atoms with van der Waals surface area (Å²) in [4.78, 5) is 27.6. The van der Waals surface area contributed by atoms with Crippen molar-refractivity contribution < 1.29 is 4.92 Å². The average Bonchev–Trinajstić information content (AvgIpc) is 2.18. The van der Waals surface area contributed by atoms with Gasteiger partial charge in [0.25, 0.3) is 11.2 Å². The summed E-state index contributed by atoms with van der Waals surface area (Å²) in [6, 6.07) is 2.65. The summed E-state index contributed by atoms with van der Waals surface area (Å²) in [7, 11) is 0. The first-order valence-corrected chi connectivity index (χ1v) is 4.70. The van der Waals surface area contributed by atoms with Crippen LogP contribution in [0, 0.1) is 10.1 Å². The van der Waals surface area contributed by atoms with Gasteiger partial charge < -0.3 is 4.98 Å². The molecule has 1 heterocycles. The molecule has 0 aliphatic heterocycles. The fourth-order valence-electron chi connectivity index (χ4n) is 1.22. The van der Waals surface area contributed by atoms with Crippen LogP contribution in [0.3, 0.4) is 0 Å². The van der Waals surface area contributed by atoms with Gasteiger partial charge in [0.05, 0.1) is 26.6 Å². The number of rotatable bonds is 1. The number of nitro groups is 1. The predicted molar refractivity (Wildman–Crippen MR) is 56.7 cm³/mol. The first-order chi connectivity index (χ1) is 7.09. The van der Waals surface area contributed by atoms with Crippen LogP contribution in [0.1, 0.15) is 0 Å². The highest BCUT2D eigenvalue weighted by molar-refractivity contribution is 9.10. The van der Waals surface area contributed by atoms with Gasteiger partial charge in [0.15, 0.2) is 0 Å². The Kier molecular flexibility index (Phi) is 2.24. The van der Waals surface area contributed by atoms with Crippen LogP contribution in [0.5, 0.6) is 0 Å². The number of aromatic nitrogens is 2. The van der Waals surface area contributed by atoms with Crippen LogP contribution in [0.2, 0.25) is 0 Å². The number of nitrogens with one attached hydrogen (secondary N) is 1. The maximum Gasteiger partial charge on any atom is 0.285 e. The number of halogens is 1. The molecule has 0 saturated carbocycles. The van der Waals surface area contributed by atoms with Crippen molar-refractivity contribution in [3.05, 3.63) is 43.4 Å². The highest BCUT2D eigenvalue weighted by Crippen LogP contribution is 2.27. The van der Waals surface area contributed by atoms with Gasteiger partial charge in [-0.3, -0.25) is 14.9 Å². The molecule has 0 saturated heterocycles. The zero-order valence-corrected chi connectivity index (χ0v) is 8.82. The summed E-state index contributed by atoms with van der Waals surface area (Å²) >= 11 is 3.03. The molecule has 0 fully saturated rings. The van der Waals surface area contributed by atoms with E-state index in [1.165, 1.54) is 18.5 Å². The van der Waals surface area contributed by atoms with Crippen LogP contribution in [0.4, 0.5) is 5.69 Å². The van der Waals surface area contributed by atoms with Crippen molar-refractivity contribution in [2.45, 2.75) is 0 Å². The van der Waals surface area contributed by atoms with E-state index in [1.807, 2.05) is 0 Å². The van der Waals surface area contributed by atoms with Crippen molar-refractivity contribution in [2.75, 3.05) is 0 Å². The van der Waals surface area contributed by atoms with Gasteiger partial charge in [-0.1, -0.05) is 0 Å². The van der Waals surface area contributed by atoms with Crippen LogP contribution in [0.15, 0.2) is 27.7 Å². The van der Waals surface area contributed by atoms with Crippen molar-refractivity contribution in [3.8, 4) is 0 Å². The molecule has 0 radical (unpaired) electrons. The molecular formula is C8H4BrN3O3. The lowest BCUT2D eigenvalue weighted by Gasteiger charge is -1.98. The predicted octanol–water partition coefficient (Wildman–Crippen LogP) is 1.59. The Morgan fingerprint density at radius 1 is 1.47 bits per heavy atom. The Hall–Kier alpha value is -1.76. The molecule has 1 aromatic carbocycles. The van der Waals surface area contributed by atoms with E-state index in [-0.39, 0.29) is 15.7 Å². The maximum atomic E-state index is 11.3. The van der Waals surface area contributed by atoms with Crippen molar-refractivity contribution >= 4 is 32.5 Å². The normalized spacial score (nSPS) is 10.5. The molecular weight excluding hydrogens is 266 g/mol. The standard InChI is InChI=1S/C8H4BrN3O3/c9-5-1-4-6(2-7(5)12(14)15)10-3-11-8(4)13/h1-3H,(H,10,11,13). The number of hydrogen-bond donors (Lipinski definition) is 1. The van der Waals surface area contributed by atoms with E-state index < -0.39 is 4.92 Å². The van der Waals surface area contributed by atoms with E-state index in [4.69, 9.17) is 0 Å². The molecule has 15 heavy (non-hydrogen) atoms. The monoisotopic (exact) mass is 269 g/mol. The van der Waals surface area contributed by atoms with Crippen LogP contribution < -0.4 is 5.56 Å². The number of benzene rings is 1. The number of aromatic amines is 1. The second-order valence-electron chi connectivity index (χ2n) is 2.81. The minimum Gasteiger partial charge on any atom is -0.313 e. The minimum absolute atomic E-state index is 0.111. The average molecular weight is 270 g/mol. The highest BCUT2D eigenvalue weighted by Gasteiger charge is 2.14. The van der Waals surface area contributed by atoms with E-state index in [0.717, 1.165) is 0 Å². The van der Waals surface area contributed by atoms with Crippen molar-refractivity contribution in [3.63, 3.8) is 0 Å². The van der Waals surface area contributed by atoms with Gasteiger partial charge in [-0.25, -0.2) is 4.98 Å². The number of nitro benzene ring substituents is 1. The van der Waals surface area contributed by atoms with Crippen molar-refractivity contribution in [1.82, 2.24) is 9.97 Å². The minimum atomic E-state index is -0.535. The van der Waals surface area contributed by atoms with Crippen LogP contribution in [-0.4, -0.2) is 14.9 Å². The molecule has 0 spiro atoms. The SMILES string of the molecule is O=c1[nH]cnc2cc([N+](=O)[O-])c(Br)cc12. The number of fused-ring (bicyclic) bond motifs is 1. The number of hydrogen-bond acceptors (Lipinski definition) is 4. The molecule has 0 aliphatic carbocycles. The van der Waals surface area contributed by atoms with Gasteiger partial charge in [-0.05, 0) is 22.0 Å². The summed E-state index contributed by atoms with van der Waals surface area (Å²) in [5, 5.41) is 10.9. The summed E-state index contributed by atoms with van der Waals surface area (Å²) in [5.74, 6) is 0. The largest absolute Gasteiger partial charge is 0.313 e. The Morgan fingerprint density at radius 2 is 2.20 bits per heavy atom. The summed E-state index contributed by atoms with van der Waals surface area (Å²) < 4.78 is 0.263. The second kappa shape index (κ2) is 3.43. The van der Waals surface area contributed by atoms with Crippen LogP contribution in [-0.2, 0) is 0 Å². The molecule has 0 bridgehead atoms. The van der Waals surface area contributed by atoms with E-state index in [1.54, 1.807) is 0 Å². The quantitative estimate of drug-likeness (QED) is 0.629. The second-order valence-corrected chi connectivity index (χ2v) is 3.66. The molecule has 2 aromatic rings. The zero-order valence-electron chi connectivity index (χ0n) is 7.23. The third-order valence-electron chi connectivity index (χ3n) is 1.91. The molecule has 1 aromatic heterocycles. The maximum absolute atomic E-state index is 11.3. The molecule has 7 heteroatoms. The fourth-order valence-corrected chi connectivity index (χ4v) is 1.71. The third-order valence-corrected chi connectivity index (χ3v) is 2.54. The Balaban J connectivity index is 2.88. The Bertz CT molecular complexity index is 608. The Labute approximate surface area is 91.2 Å². The van der Waals surface area contributed by atoms with Gasteiger partial charge in [-0.2, -0.15) is 0 Å². The molecule has 0 aliphatic rings. The molecule has 0 atom stereocenters. The molecule has 2 rings (SSSR count). The van der Waals surface area contributed by atoms with Gasteiger partial charge in [0.1, 0.15) is 0 Å². The number of H-pyrrole nitrogens is 1. The zero-order chi connectivity index (χ0) is 11.0.